The maximum Gasteiger partial charge on any atom is 0.0305 e. The molecule has 1 aromatic rings. The van der Waals surface area contributed by atoms with Crippen LogP contribution in [0.4, 0.5) is 0 Å². The van der Waals surface area contributed by atoms with E-state index in [0.717, 1.165) is 17.3 Å². The summed E-state index contributed by atoms with van der Waals surface area (Å²) in [5.41, 5.74) is 7.18. The minimum Gasteiger partial charge on any atom is -0.324 e. The van der Waals surface area contributed by atoms with Crippen molar-refractivity contribution >= 4 is 28.3 Å². The Kier molecular flexibility index (Phi) is 6.39. The molecule has 1 nitrogen and oxygen atoms in total. The van der Waals surface area contributed by atoms with Gasteiger partial charge in [0.1, 0.15) is 0 Å². The standard InChI is InChI=1S/C10H14BrN.ClH/c1-2-5-10(12)8-6-3-4-7-9(8)11;/h3-4,6-7,10H,2,5,12H2,1H3;1H/t10-;/m0./s1. The van der Waals surface area contributed by atoms with Gasteiger partial charge >= 0.3 is 0 Å². The van der Waals surface area contributed by atoms with Crippen molar-refractivity contribution in [3.05, 3.63) is 34.3 Å². The lowest BCUT2D eigenvalue weighted by atomic mass is 10.0. The van der Waals surface area contributed by atoms with E-state index in [1.807, 2.05) is 18.2 Å². The van der Waals surface area contributed by atoms with Gasteiger partial charge in [0.05, 0.1) is 0 Å². The Hall–Kier alpha value is -0.0500. The third-order valence-corrected chi connectivity index (χ3v) is 2.63. The van der Waals surface area contributed by atoms with E-state index in [9.17, 15) is 0 Å². The topological polar surface area (TPSA) is 26.0 Å². The first-order valence-electron chi connectivity index (χ1n) is 4.25. The molecular weight excluding hydrogens is 249 g/mol. The van der Waals surface area contributed by atoms with Crippen LogP contribution < -0.4 is 5.73 Å². The van der Waals surface area contributed by atoms with Crippen molar-refractivity contribution in [3.8, 4) is 0 Å². The van der Waals surface area contributed by atoms with Crippen LogP contribution in [0.3, 0.4) is 0 Å². The largest absolute Gasteiger partial charge is 0.324 e. The molecule has 0 fully saturated rings. The highest BCUT2D eigenvalue weighted by Crippen LogP contribution is 2.23. The van der Waals surface area contributed by atoms with Gasteiger partial charge in [0.15, 0.2) is 0 Å². The summed E-state index contributed by atoms with van der Waals surface area (Å²) in [5.74, 6) is 0. The maximum atomic E-state index is 5.98. The van der Waals surface area contributed by atoms with Crippen LogP contribution in [0.1, 0.15) is 31.4 Å². The molecule has 0 amide bonds. The number of rotatable bonds is 3. The van der Waals surface area contributed by atoms with Crippen LogP contribution in [0.2, 0.25) is 0 Å². The Morgan fingerprint density at radius 1 is 1.38 bits per heavy atom. The zero-order valence-corrected chi connectivity index (χ0v) is 10.1. The van der Waals surface area contributed by atoms with Crippen molar-refractivity contribution in [2.24, 2.45) is 5.73 Å². The second-order valence-corrected chi connectivity index (χ2v) is 3.77. The molecule has 0 saturated carbocycles. The van der Waals surface area contributed by atoms with Gasteiger partial charge in [-0.05, 0) is 18.1 Å². The fourth-order valence-corrected chi connectivity index (χ4v) is 1.82. The lowest BCUT2D eigenvalue weighted by molar-refractivity contribution is 0.636. The fraction of sp³-hybridized carbons (Fsp3) is 0.400. The van der Waals surface area contributed by atoms with Gasteiger partial charge in [-0.1, -0.05) is 47.5 Å². The normalized spacial score (nSPS) is 11.9. The average molecular weight is 265 g/mol. The quantitative estimate of drug-likeness (QED) is 0.886. The number of benzene rings is 1. The van der Waals surface area contributed by atoms with E-state index < -0.39 is 0 Å². The number of hydrogen-bond donors (Lipinski definition) is 1. The van der Waals surface area contributed by atoms with E-state index in [1.165, 1.54) is 5.56 Å². The molecule has 3 heteroatoms. The number of hydrogen-bond acceptors (Lipinski definition) is 1. The first-order valence-corrected chi connectivity index (χ1v) is 5.05. The van der Waals surface area contributed by atoms with E-state index in [-0.39, 0.29) is 18.4 Å². The molecule has 1 aromatic carbocycles. The SMILES string of the molecule is CCC[C@H](N)c1ccccc1Br.Cl. The molecule has 0 bridgehead atoms. The van der Waals surface area contributed by atoms with E-state index in [0.29, 0.717) is 0 Å². The molecule has 0 spiro atoms. The van der Waals surface area contributed by atoms with Crippen LogP contribution in [-0.2, 0) is 0 Å². The second kappa shape index (κ2) is 6.41. The Balaban J connectivity index is 0.00000144. The van der Waals surface area contributed by atoms with Crippen LogP contribution in [0.15, 0.2) is 28.7 Å². The maximum absolute atomic E-state index is 5.98. The average Bonchev–Trinajstić information content (AvgIpc) is 2.05. The third-order valence-electron chi connectivity index (χ3n) is 1.90. The Bertz CT molecular complexity index is 252. The number of nitrogens with two attached hydrogens (primary N) is 1. The summed E-state index contributed by atoms with van der Waals surface area (Å²) in [6.45, 7) is 2.15. The molecule has 0 aliphatic rings. The van der Waals surface area contributed by atoms with Gasteiger partial charge in [0, 0.05) is 10.5 Å². The van der Waals surface area contributed by atoms with Gasteiger partial charge in [-0.3, -0.25) is 0 Å². The van der Waals surface area contributed by atoms with Crippen LogP contribution in [-0.4, -0.2) is 0 Å². The predicted molar refractivity (Wildman–Crippen MR) is 63.2 cm³/mol. The van der Waals surface area contributed by atoms with E-state index in [4.69, 9.17) is 5.73 Å². The minimum absolute atomic E-state index is 0. The van der Waals surface area contributed by atoms with Gasteiger partial charge in [-0.25, -0.2) is 0 Å². The molecular formula is C10H15BrClN. The molecule has 1 rings (SSSR count). The molecule has 13 heavy (non-hydrogen) atoms. The first-order chi connectivity index (χ1) is 5.75. The summed E-state index contributed by atoms with van der Waals surface area (Å²) in [5, 5.41) is 0. The van der Waals surface area contributed by atoms with Crippen LogP contribution in [0.25, 0.3) is 0 Å². The van der Waals surface area contributed by atoms with Gasteiger partial charge in [0.25, 0.3) is 0 Å². The van der Waals surface area contributed by atoms with Gasteiger partial charge < -0.3 is 5.73 Å². The number of halogens is 2. The summed E-state index contributed by atoms with van der Waals surface area (Å²) < 4.78 is 1.12. The summed E-state index contributed by atoms with van der Waals surface area (Å²) >= 11 is 3.49. The highest BCUT2D eigenvalue weighted by molar-refractivity contribution is 9.10. The van der Waals surface area contributed by atoms with Crippen LogP contribution >= 0.6 is 28.3 Å². The Morgan fingerprint density at radius 3 is 2.54 bits per heavy atom. The lowest BCUT2D eigenvalue weighted by Crippen LogP contribution is -2.09. The van der Waals surface area contributed by atoms with Crippen molar-refractivity contribution in [1.29, 1.82) is 0 Å². The molecule has 2 N–H and O–H groups in total. The van der Waals surface area contributed by atoms with Crippen molar-refractivity contribution in [3.63, 3.8) is 0 Å². The van der Waals surface area contributed by atoms with E-state index in [1.54, 1.807) is 0 Å². The smallest absolute Gasteiger partial charge is 0.0305 e. The van der Waals surface area contributed by atoms with Crippen molar-refractivity contribution < 1.29 is 0 Å². The highest BCUT2D eigenvalue weighted by atomic mass is 79.9. The highest BCUT2D eigenvalue weighted by Gasteiger charge is 2.06. The van der Waals surface area contributed by atoms with Gasteiger partial charge in [0.2, 0.25) is 0 Å². The molecule has 1 atom stereocenters. The summed E-state index contributed by atoms with van der Waals surface area (Å²) in [4.78, 5) is 0. The summed E-state index contributed by atoms with van der Waals surface area (Å²) in [6.07, 6.45) is 2.17. The lowest BCUT2D eigenvalue weighted by Gasteiger charge is -2.11. The molecule has 0 unspecified atom stereocenters. The van der Waals surface area contributed by atoms with Crippen LogP contribution in [0, 0.1) is 0 Å². The summed E-state index contributed by atoms with van der Waals surface area (Å²) in [6, 6.07) is 8.31. The van der Waals surface area contributed by atoms with Gasteiger partial charge in [-0.2, -0.15) is 0 Å². The Labute approximate surface area is 94.3 Å². The zero-order valence-electron chi connectivity index (χ0n) is 7.66. The first kappa shape index (κ1) is 12.9. The molecule has 0 radical (unpaired) electrons. The van der Waals surface area contributed by atoms with E-state index >= 15 is 0 Å². The van der Waals surface area contributed by atoms with Crippen molar-refractivity contribution in [2.45, 2.75) is 25.8 Å². The summed E-state index contributed by atoms with van der Waals surface area (Å²) in [7, 11) is 0. The van der Waals surface area contributed by atoms with E-state index in [2.05, 4.69) is 28.9 Å². The zero-order chi connectivity index (χ0) is 8.97. The predicted octanol–water partition coefficient (Wildman–Crippen LogP) is 3.67. The fourth-order valence-electron chi connectivity index (χ4n) is 1.24. The van der Waals surface area contributed by atoms with Crippen molar-refractivity contribution in [1.82, 2.24) is 0 Å². The molecule has 0 aliphatic heterocycles. The molecule has 0 aromatic heterocycles. The molecule has 0 aliphatic carbocycles. The van der Waals surface area contributed by atoms with Crippen LogP contribution in [0.5, 0.6) is 0 Å². The molecule has 74 valence electrons. The molecule has 0 saturated heterocycles. The minimum atomic E-state index is 0. The third kappa shape index (κ3) is 3.67. The monoisotopic (exact) mass is 263 g/mol. The second-order valence-electron chi connectivity index (χ2n) is 2.92. The van der Waals surface area contributed by atoms with Crippen molar-refractivity contribution in [2.75, 3.05) is 0 Å². The van der Waals surface area contributed by atoms with Gasteiger partial charge in [-0.15, -0.1) is 12.4 Å². The Morgan fingerprint density at radius 2 is 2.00 bits per heavy atom. The molecule has 0 heterocycles.